The second-order valence-electron chi connectivity index (χ2n) is 3.75. The van der Waals surface area contributed by atoms with Crippen LogP contribution in [-0.4, -0.2) is 13.1 Å². The summed E-state index contributed by atoms with van der Waals surface area (Å²) in [6, 6.07) is 0. The monoisotopic (exact) mass is 275 g/mol. The second kappa shape index (κ2) is 5.89. The lowest BCUT2D eigenvalue weighted by Crippen LogP contribution is -2.23. The molecule has 0 aliphatic rings. The van der Waals surface area contributed by atoms with Crippen LogP contribution in [0.15, 0.2) is 15.2 Å². The molecule has 1 heterocycles. The Kier molecular flexibility index (Phi) is 5.13. The van der Waals surface area contributed by atoms with Crippen molar-refractivity contribution in [3.8, 4) is 0 Å². The molecule has 0 bridgehead atoms. The maximum Gasteiger partial charge on any atom is 0.0317 e. The number of nitrogens with one attached hydrogen (secondary N) is 1. The van der Waals surface area contributed by atoms with Gasteiger partial charge in [-0.15, -0.1) is 0 Å². The minimum absolute atomic E-state index is 0.620. The van der Waals surface area contributed by atoms with Crippen LogP contribution in [0.3, 0.4) is 0 Å². The molecule has 0 radical (unpaired) electrons. The van der Waals surface area contributed by atoms with Crippen molar-refractivity contribution < 1.29 is 0 Å². The average Bonchev–Trinajstić information content (AvgIpc) is 2.59. The highest BCUT2D eigenvalue weighted by atomic mass is 79.9. The van der Waals surface area contributed by atoms with Crippen LogP contribution in [-0.2, 0) is 0 Å². The van der Waals surface area contributed by atoms with Gasteiger partial charge in [-0.3, -0.25) is 0 Å². The lowest BCUT2D eigenvalue weighted by atomic mass is 9.91. The first-order valence-electron chi connectivity index (χ1n) is 5.09. The van der Waals surface area contributed by atoms with Gasteiger partial charge in [-0.25, -0.2) is 0 Å². The van der Waals surface area contributed by atoms with Crippen molar-refractivity contribution in [2.45, 2.75) is 26.7 Å². The van der Waals surface area contributed by atoms with Crippen LogP contribution >= 0.6 is 27.3 Å². The Labute approximate surface area is 99.0 Å². The van der Waals surface area contributed by atoms with Crippen molar-refractivity contribution in [2.24, 2.45) is 5.92 Å². The molecular weight excluding hydrogens is 258 g/mol. The number of hydrogen-bond donors (Lipinski definition) is 1. The van der Waals surface area contributed by atoms with Gasteiger partial charge in [-0.1, -0.05) is 20.8 Å². The smallest absolute Gasteiger partial charge is 0.0317 e. The molecule has 0 saturated heterocycles. The molecule has 80 valence electrons. The molecule has 0 amide bonds. The molecule has 1 aromatic rings. The fourth-order valence-corrected chi connectivity index (χ4v) is 3.23. The van der Waals surface area contributed by atoms with E-state index in [1.165, 1.54) is 10.0 Å². The Morgan fingerprint density at radius 2 is 2.14 bits per heavy atom. The molecular formula is C11H18BrNS. The predicted octanol–water partition coefficient (Wildman–Crippen LogP) is 3.86. The molecule has 1 aromatic heterocycles. The Bertz CT molecular complexity index is 272. The molecule has 1 rings (SSSR count). The summed E-state index contributed by atoms with van der Waals surface area (Å²) in [5, 5.41) is 7.80. The molecule has 2 atom stereocenters. The van der Waals surface area contributed by atoms with Crippen LogP contribution in [0.4, 0.5) is 0 Å². The van der Waals surface area contributed by atoms with Gasteiger partial charge >= 0.3 is 0 Å². The van der Waals surface area contributed by atoms with Crippen molar-refractivity contribution >= 4 is 27.3 Å². The van der Waals surface area contributed by atoms with Gasteiger partial charge in [0.15, 0.2) is 0 Å². The van der Waals surface area contributed by atoms with E-state index in [2.05, 4.69) is 52.8 Å². The Hall–Kier alpha value is 0.140. The summed E-state index contributed by atoms with van der Waals surface area (Å²) in [5.74, 6) is 1.30. The van der Waals surface area contributed by atoms with Crippen LogP contribution < -0.4 is 5.32 Å². The summed E-state index contributed by atoms with van der Waals surface area (Å²) in [7, 11) is 0. The van der Waals surface area contributed by atoms with Crippen LogP contribution in [0.25, 0.3) is 0 Å². The van der Waals surface area contributed by atoms with Crippen LogP contribution in [0.5, 0.6) is 0 Å². The van der Waals surface area contributed by atoms with Gasteiger partial charge in [0.25, 0.3) is 0 Å². The van der Waals surface area contributed by atoms with Crippen molar-refractivity contribution in [1.82, 2.24) is 5.32 Å². The third kappa shape index (κ3) is 3.07. The second-order valence-corrected chi connectivity index (χ2v) is 5.35. The topological polar surface area (TPSA) is 12.0 Å². The van der Waals surface area contributed by atoms with E-state index >= 15 is 0 Å². The summed E-state index contributed by atoms with van der Waals surface area (Å²) < 4.78 is 1.26. The van der Waals surface area contributed by atoms with Crippen molar-refractivity contribution in [3.05, 3.63) is 20.8 Å². The maximum absolute atomic E-state index is 3.59. The zero-order valence-electron chi connectivity index (χ0n) is 9.01. The fourth-order valence-electron chi connectivity index (χ4n) is 1.47. The highest BCUT2D eigenvalue weighted by Gasteiger charge is 2.16. The molecule has 14 heavy (non-hydrogen) atoms. The van der Waals surface area contributed by atoms with Crippen LogP contribution in [0.2, 0.25) is 0 Å². The summed E-state index contributed by atoms with van der Waals surface area (Å²) in [4.78, 5) is 0. The van der Waals surface area contributed by atoms with Gasteiger partial charge in [-0.2, -0.15) is 11.3 Å². The summed E-state index contributed by atoms with van der Waals surface area (Å²) in [6.07, 6.45) is 0. The third-order valence-corrected chi connectivity index (χ3v) is 4.45. The van der Waals surface area contributed by atoms with E-state index in [-0.39, 0.29) is 0 Å². The van der Waals surface area contributed by atoms with Gasteiger partial charge in [-0.05, 0) is 51.8 Å². The zero-order valence-corrected chi connectivity index (χ0v) is 11.4. The number of hydrogen-bond acceptors (Lipinski definition) is 2. The molecule has 0 aliphatic carbocycles. The lowest BCUT2D eigenvalue weighted by Gasteiger charge is -2.19. The van der Waals surface area contributed by atoms with Crippen molar-refractivity contribution in [3.63, 3.8) is 0 Å². The minimum atomic E-state index is 0.620. The van der Waals surface area contributed by atoms with Gasteiger partial charge in [0.05, 0.1) is 0 Å². The zero-order chi connectivity index (χ0) is 10.6. The van der Waals surface area contributed by atoms with Gasteiger partial charge in [0.1, 0.15) is 0 Å². The molecule has 1 N–H and O–H groups in total. The van der Waals surface area contributed by atoms with Crippen LogP contribution in [0.1, 0.15) is 32.3 Å². The van der Waals surface area contributed by atoms with E-state index in [1.807, 2.05) is 0 Å². The highest BCUT2D eigenvalue weighted by molar-refractivity contribution is 9.10. The van der Waals surface area contributed by atoms with Crippen molar-refractivity contribution in [2.75, 3.05) is 13.1 Å². The standard InChI is InChI=1S/C11H18BrNS/c1-4-13-5-8(2)9(3)10-6-14-7-11(10)12/h6-9,13H,4-5H2,1-3H3. The van der Waals surface area contributed by atoms with Gasteiger partial charge in [0, 0.05) is 9.85 Å². The summed E-state index contributed by atoms with van der Waals surface area (Å²) in [5.41, 5.74) is 1.44. The van der Waals surface area contributed by atoms with E-state index in [4.69, 9.17) is 0 Å². The van der Waals surface area contributed by atoms with E-state index in [0.717, 1.165) is 13.1 Å². The highest BCUT2D eigenvalue weighted by Crippen LogP contribution is 2.32. The molecule has 2 unspecified atom stereocenters. The minimum Gasteiger partial charge on any atom is -0.317 e. The maximum atomic E-state index is 3.59. The van der Waals surface area contributed by atoms with E-state index in [0.29, 0.717) is 11.8 Å². The molecule has 0 aromatic carbocycles. The first kappa shape index (κ1) is 12.2. The Morgan fingerprint density at radius 3 is 2.64 bits per heavy atom. The molecule has 1 nitrogen and oxygen atoms in total. The van der Waals surface area contributed by atoms with E-state index < -0.39 is 0 Å². The molecule has 0 fully saturated rings. The number of halogens is 1. The first-order chi connectivity index (χ1) is 6.66. The van der Waals surface area contributed by atoms with E-state index in [9.17, 15) is 0 Å². The number of rotatable bonds is 5. The fraction of sp³-hybridized carbons (Fsp3) is 0.636. The molecule has 3 heteroatoms. The SMILES string of the molecule is CCNCC(C)C(C)c1cscc1Br. The predicted molar refractivity (Wildman–Crippen MR) is 68.1 cm³/mol. The van der Waals surface area contributed by atoms with Crippen LogP contribution in [0, 0.1) is 5.92 Å². The van der Waals surface area contributed by atoms with Crippen molar-refractivity contribution in [1.29, 1.82) is 0 Å². The Balaban J connectivity index is 2.56. The number of thiophene rings is 1. The van der Waals surface area contributed by atoms with Gasteiger partial charge in [0.2, 0.25) is 0 Å². The molecule has 0 aliphatic heterocycles. The first-order valence-corrected chi connectivity index (χ1v) is 6.82. The Morgan fingerprint density at radius 1 is 1.43 bits per heavy atom. The van der Waals surface area contributed by atoms with Gasteiger partial charge < -0.3 is 5.32 Å². The quantitative estimate of drug-likeness (QED) is 0.861. The summed E-state index contributed by atoms with van der Waals surface area (Å²) in [6.45, 7) is 8.91. The molecule has 0 spiro atoms. The normalized spacial score (nSPS) is 15.4. The van der Waals surface area contributed by atoms with E-state index in [1.54, 1.807) is 11.3 Å². The summed E-state index contributed by atoms with van der Waals surface area (Å²) >= 11 is 5.36. The third-order valence-electron chi connectivity index (χ3n) is 2.70. The largest absolute Gasteiger partial charge is 0.317 e. The lowest BCUT2D eigenvalue weighted by molar-refractivity contribution is 0.454. The molecule has 0 saturated carbocycles. The average molecular weight is 276 g/mol.